The number of hydrogen-bond donors (Lipinski definition) is 1. The number of rotatable bonds is 9. The van der Waals surface area contributed by atoms with Crippen molar-refractivity contribution >= 4 is 34.3 Å². The number of esters is 1. The SMILES string of the molecule is CCOC(=O)c1c(NC(=O)C=Cc2ccc(OCc3ccccc3)c(OC)c2)sc2c1CCC(C)C2. The van der Waals surface area contributed by atoms with Crippen LogP contribution in [0, 0.1) is 5.92 Å². The normalized spacial score (nSPS) is 14.8. The first-order valence-electron chi connectivity index (χ1n) is 12.1. The average molecular weight is 506 g/mol. The van der Waals surface area contributed by atoms with Crippen LogP contribution in [-0.4, -0.2) is 25.6 Å². The third kappa shape index (κ3) is 6.15. The summed E-state index contributed by atoms with van der Waals surface area (Å²) in [7, 11) is 1.58. The highest BCUT2D eigenvalue weighted by Crippen LogP contribution is 2.40. The highest BCUT2D eigenvalue weighted by Gasteiger charge is 2.28. The zero-order valence-electron chi connectivity index (χ0n) is 20.8. The Bertz CT molecular complexity index is 1250. The van der Waals surface area contributed by atoms with Crippen LogP contribution in [0.25, 0.3) is 6.08 Å². The molecular weight excluding hydrogens is 474 g/mol. The molecule has 1 N–H and O–H groups in total. The van der Waals surface area contributed by atoms with Gasteiger partial charge in [-0.1, -0.05) is 43.3 Å². The molecule has 1 heterocycles. The standard InChI is InChI=1S/C29H31NO5S/c1-4-34-29(32)27-22-13-10-19(2)16-25(22)36-28(27)30-26(31)15-12-20-11-14-23(24(17-20)33-3)35-18-21-8-6-5-7-9-21/h5-9,11-12,14-15,17,19H,4,10,13,16,18H2,1-3H3,(H,30,31). The quantitative estimate of drug-likeness (QED) is 0.273. The molecule has 0 fully saturated rings. The molecule has 2 aromatic carbocycles. The number of carbonyl (C=O) groups is 2. The van der Waals surface area contributed by atoms with Crippen molar-refractivity contribution in [2.24, 2.45) is 5.92 Å². The van der Waals surface area contributed by atoms with E-state index in [-0.39, 0.29) is 11.9 Å². The average Bonchev–Trinajstić information content (AvgIpc) is 3.23. The summed E-state index contributed by atoms with van der Waals surface area (Å²) in [5, 5.41) is 3.47. The lowest BCUT2D eigenvalue weighted by Gasteiger charge is -2.18. The molecule has 0 bridgehead atoms. The van der Waals surface area contributed by atoms with Crippen LogP contribution in [0.15, 0.2) is 54.6 Å². The topological polar surface area (TPSA) is 73.9 Å². The molecule has 1 atom stereocenters. The van der Waals surface area contributed by atoms with Crippen molar-refractivity contribution in [3.8, 4) is 11.5 Å². The summed E-state index contributed by atoms with van der Waals surface area (Å²) in [6.45, 7) is 4.72. The van der Waals surface area contributed by atoms with Crippen LogP contribution in [0.2, 0.25) is 0 Å². The van der Waals surface area contributed by atoms with Crippen molar-refractivity contribution in [3.05, 3.63) is 81.7 Å². The molecule has 4 rings (SSSR count). The van der Waals surface area contributed by atoms with Gasteiger partial charge in [-0.15, -0.1) is 11.3 Å². The Balaban J connectivity index is 1.46. The second-order valence-electron chi connectivity index (χ2n) is 8.78. The number of ether oxygens (including phenoxy) is 3. The van der Waals surface area contributed by atoms with E-state index in [1.807, 2.05) is 48.5 Å². The van der Waals surface area contributed by atoms with Crippen LogP contribution in [0.4, 0.5) is 5.00 Å². The van der Waals surface area contributed by atoms with Gasteiger partial charge in [-0.3, -0.25) is 4.79 Å². The first-order valence-corrected chi connectivity index (χ1v) is 13.0. The van der Waals surface area contributed by atoms with Gasteiger partial charge in [0.15, 0.2) is 11.5 Å². The Kier molecular flexibility index (Phi) is 8.44. The summed E-state index contributed by atoms with van der Waals surface area (Å²) in [6.07, 6.45) is 5.92. The summed E-state index contributed by atoms with van der Waals surface area (Å²) in [6, 6.07) is 15.4. The van der Waals surface area contributed by atoms with Gasteiger partial charge in [0.1, 0.15) is 11.6 Å². The van der Waals surface area contributed by atoms with Crippen LogP contribution >= 0.6 is 11.3 Å². The van der Waals surface area contributed by atoms with Crippen LogP contribution < -0.4 is 14.8 Å². The predicted molar refractivity (Wildman–Crippen MR) is 143 cm³/mol. The van der Waals surface area contributed by atoms with E-state index in [9.17, 15) is 9.59 Å². The fourth-order valence-electron chi connectivity index (χ4n) is 4.23. The monoisotopic (exact) mass is 505 g/mol. The molecule has 1 aliphatic carbocycles. The number of benzene rings is 2. The number of nitrogens with one attached hydrogen (secondary N) is 1. The number of carbonyl (C=O) groups excluding carboxylic acids is 2. The zero-order chi connectivity index (χ0) is 25.5. The van der Waals surface area contributed by atoms with Crippen molar-refractivity contribution in [2.45, 2.75) is 39.7 Å². The molecular formula is C29H31NO5S. The first kappa shape index (κ1) is 25.5. The second kappa shape index (κ2) is 11.9. The van der Waals surface area contributed by atoms with Crippen LogP contribution in [0.5, 0.6) is 11.5 Å². The molecule has 1 amide bonds. The van der Waals surface area contributed by atoms with Crippen molar-refractivity contribution in [3.63, 3.8) is 0 Å². The summed E-state index contributed by atoms with van der Waals surface area (Å²) in [4.78, 5) is 26.6. The molecule has 7 heteroatoms. The third-order valence-electron chi connectivity index (χ3n) is 6.08. The van der Waals surface area contributed by atoms with Gasteiger partial charge in [-0.05, 0) is 67.0 Å². The lowest BCUT2D eigenvalue weighted by molar-refractivity contribution is -0.111. The molecule has 0 saturated heterocycles. The maximum atomic E-state index is 12.8. The van der Waals surface area contributed by atoms with Gasteiger partial charge in [0, 0.05) is 11.0 Å². The fraction of sp³-hybridized carbons (Fsp3) is 0.310. The highest BCUT2D eigenvalue weighted by molar-refractivity contribution is 7.17. The second-order valence-corrected chi connectivity index (χ2v) is 9.89. The molecule has 188 valence electrons. The molecule has 1 unspecified atom stereocenters. The van der Waals surface area contributed by atoms with Crippen LogP contribution in [-0.2, 0) is 29.0 Å². The van der Waals surface area contributed by atoms with Crippen molar-refractivity contribution in [1.29, 1.82) is 0 Å². The summed E-state index contributed by atoms with van der Waals surface area (Å²) in [5.41, 5.74) is 3.38. The van der Waals surface area contributed by atoms with Crippen molar-refractivity contribution in [1.82, 2.24) is 0 Å². The van der Waals surface area contributed by atoms with E-state index in [1.54, 1.807) is 20.1 Å². The minimum Gasteiger partial charge on any atom is -0.493 e. The van der Waals surface area contributed by atoms with E-state index in [2.05, 4.69) is 12.2 Å². The van der Waals surface area contributed by atoms with Gasteiger partial charge >= 0.3 is 5.97 Å². The predicted octanol–water partition coefficient (Wildman–Crippen LogP) is 6.29. The molecule has 3 aromatic rings. The van der Waals surface area contributed by atoms with Gasteiger partial charge < -0.3 is 19.5 Å². The Hall–Kier alpha value is -3.58. The molecule has 1 aromatic heterocycles. The Morgan fingerprint density at radius 3 is 2.69 bits per heavy atom. The van der Waals surface area contributed by atoms with E-state index in [4.69, 9.17) is 14.2 Å². The third-order valence-corrected chi connectivity index (χ3v) is 7.25. The lowest BCUT2D eigenvalue weighted by Crippen LogP contribution is -2.15. The van der Waals surface area contributed by atoms with E-state index in [0.29, 0.717) is 41.2 Å². The number of hydrogen-bond acceptors (Lipinski definition) is 6. The van der Waals surface area contributed by atoms with Gasteiger partial charge in [0.25, 0.3) is 0 Å². The van der Waals surface area contributed by atoms with Gasteiger partial charge in [-0.2, -0.15) is 0 Å². The Labute approximate surface area is 215 Å². The molecule has 6 nitrogen and oxygen atoms in total. The first-order chi connectivity index (χ1) is 17.5. The maximum Gasteiger partial charge on any atom is 0.341 e. The van der Waals surface area contributed by atoms with Gasteiger partial charge in [0.05, 0.1) is 19.3 Å². The zero-order valence-corrected chi connectivity index (χ0v) is 21.7. The molecule has 0 saturated carbocycles. The molecule has 0 spiro atoms. The van der Waals surface area contributed by atoms with Crippen LogP contribution in [0.1, 0.15) is 52.2 Å². The van der Waals surface area contributed by atoms with Crippen LogP contribution in [0.3, 0.4) is 0 Å². The lowest BCUT2D eigenvalue weighted by atomic mass is 9.88. The summed E-state index contributed by atoms with van der Waals surface area (Å²) >= 11 is 1.48. The molecule has 0 radical (unpaired) electrons. The van der Waals surface area contributed by atoms with E-state index in [1.165, 1.54) is 17.4 Å². The highest BCUT2D eigenvalue weighted by atomic mass is 32.1. The molecule has 36 heavy (non-hydrogen) atoms. The number of thiophene rings is 1. The molecule has 1 aliphatic rings. The number of anilines is 1. The van der Waals surface area contributed by atoms with E-state index >= 15 is 0 Å². The van der Waals surface area contributed by atoms with Crippen molar-refractivity contribution in [2.75, 3.05) is 19.0 Å². The number of methoxy groups -OCH3 is 1. The minimum atomic E-state index is -0.375. The molecule has 0 aliphatic heterocycles. The minimum absolute atomic E-state index is 0.292. The Morgan fingerprint density at radius 2 is 1.94 bits per heavy atom. The summed E-state index contributed by atoms with van der Waals surface area (Å²) < 4.78 is 16.7. The van der Waals surface area contributed by atoms with Crippen molar-refractivity contribution < 1.29 is 23.8 Å². The smallest absolute Gasteiger partial charge is 0.341 e. The number of amides is 1. The van der Waals surface area contributed by atoms with Gasteiger partial charge in [0.2, 0.25) is 5.91 Å². The fourth-order valence-corrected chi connectivity index (χ4v) is 5.63. The largest absolute Gasteiger partial charge is 0.493 e. The van der Waals surface area contributed by atoms with E-state index < -0.39 is 0 Å². The van der Waals surface area contributed by atoms with Gasteiger partial charge in [-0.25, -0.2) is 4.79 Å². The number of fused-ring (bicyclic) bond motifs is 1. The summed E-state index contributed by atoms with van der Waals surface area (Å²) in [5.74, 6) is 1.08. The Morgan fingerprint density at radius 1 is 1.14 bits per heavy atom. The maximum absolute atomic E-state index is 12.8. The van der Waals surface area contributed by atoms with E-state index in [0.717, 1.165) is 40.8 Å².